The normalized spacial score (nSPS) is 14.0. The third-order valence-corrected chi connectivity index (χ3v) is 3.64. The molecule has 0 radical (unpaired) electrons. The second-order valence-electron chi connectivity index (χ2n) is 5.54. The molecule has 0 spiro atoms. The Morgan fingerprint density at radius 3 is 2.86 bits per heavy atom. The molecular formula is C16H24N2O3. The fourth-order valence-electron chi connectivity index (χ4n) is 2.12. The van der Waals surface area contributed by atoms with Gasteiger partial charge in [-0.3, -0.25) is 0 Å². The van der Waals surface area contributed by atoms with Crippen LogP contribution in [0.2, 0.25) is 0 Å². The van der Waals surface area contributed by atoms with E-state index in [-0.39, 0.29) is 0 Å². The molecule has 0 heterocycles. The van der Waals surface area contributed by atoms with Gasteiger partial charge in [0.25, 0.3) is 0 Å². The van der Waals surface area contributed by atoms with Crippen molar-refractivity contribution in [2.75, 3.05) is 37.9 Å². The molecule has 5 nitrogen and oxygen atoms in total. The quantitative estimate of drug-likeness (QED) is 0.438. The van der Waals surface area contributed by atoms with Crippen LogP contribution in [0.25, 0.3) is 0 Å². The summed E-state index contributed by atoms with van der Waals surface area (Å²) in [4.78, 5) is 11.7. The van der Waals surface area contributed by atoms with Crippen molar-refractivity contribution in [3.05, 3.63) is 23.3 Å². The third kappa shape index (κ3) is 4.63. The van der Waals surface area contributed by atoms with Gasteiger partial charge in [-0.15, -0.1) is 0 Å². The number of ether oxygens (including phenoxy) is 2. The Labute approximate surface area is 125 Å². The van der Waals surface area contributed by atoms with E-state index in [1.807, 2.05) is 13.0 Å². The Kier molecular flexibility index (Phi) is 5.44. The maximum Gasteiger partial charge on any atom is 0.340 e. The van der Waals surface area contributed by atoms with Crippen LogP contribution >= 0.6 is 0 Å². The van der Waals surface area contributed by atoms with E-state index in [1.54, 1.807) is 6.07 Å². The molecule has 2 rings (SSSR count). The molecule has 1 saturated carbocycles. The van der Waals surface area contributed by atoms with Crippen LogP contribution in [0, 0.1) is 12.8 Å². The molecule has 0 aliphatic heterocycles. The molecule has 21 heavy (non-hydrogen) atoms. The number of hydrogen-bond acceptors (Lipinski definition) is 5. The summed E-state index contributed by atoms with van der Waals surface area (Å²) in [5, 5.41) is 3.29. The van der Waals surface area contributed by atoms with Crippen LogP contribution in [0.1, 0.15) is 35.2 Å². The second-order valence-corrected chi connectivity index (χ2v) is 5.54. The molecule has 1 aliphatic carbocycles. The largest absolute Gasteiger partial charge is 0.465 e. The molecule has 0 bridgehead atoms. The minimum Gasteiger partial charge on any atom is -0.465 e. The fourth-order valence-corrected chi connectivity index (χ4v) is 2.12. The number of rotatable bonds is 8. The summed E-state index contributed by atoms with van der Waals surface area (Å²) in [5.74, 6) is 0.396. The molecule has 0 saturated heterocycles. The number of benzene rings is 1. The first-order valence-corrected chi connectivity index (χ1v) is 7.42. The highest BCUT2D eigenvalue weighted by Crippen LogP contribution is 2.28. The molecule has 0 unspecified atom stereocenters. The van der Waals surface area contributed by atoms with E-state index in [0.29, 0.717) is 11.3 Å². The van der Waals surface area contributed by atoms with E-state index < -0.39 is 5.97 Å². The van der Waals surface area contributed by atoms with Gasteiger partial charge in [-0.05, 0) is 49.8 Å². The lowest BCUT2D eigenvalue weighted by atomic mass is 10.1. The average molecular weight is 292 g/mol. The Balaban J connectivity index is 1.81. The van der Waals surface area contributed by atoms with Crippen molar-refractivity contribution in [1.82, 2.24) is 0 Å². The lowest BCUT2D eigenvalue weighted by Crippen LogP contribution is -2.10. The van der Waals surface area contributed by atoms with Gasteiger partial charge in [-0.1, -0.05) is 0 Å². The molecule has 116 valence electrons. The number of nitrogens with one attached hydrogen (secondary N) is 1. The predicted octanol–water partition coefficient (Wildman–Crippen LogP) is 2.59. The Hall–Kier alpha value is -1.75. The van der Waals surface area contributed by atoms with Crippen molar-refractivity contribution < 1.29 is 14.3 Å². The van der Waals surface area contributed by atoms with Crippen molar-refractivity contribution in [3.8, 4) is 0 Å². The monoisotopic (exact) mass is 292 g/mol. The van der Waals surface area contributed by atoms with Gasteiger partial charge in [0.1, 0.15) is 0 Å². The van der Waals surface area contributed by atoms with E-state index >= 15 is 0 Å². The highest BCUT2D eigenvalue weighted by Gasteiger charge is 2.20. The number of hydrogen-bond donors (Lipinski definition) is 2. The van der Waals surface area contributed by atoms with Crippen LogP contribution in [0.5, 0.6) is 0 Å². The van der Waals surface area contributed by atoms with E-state index in [1.165, 1.54) is 20.0 Å². The zero-order valence-electron chi connectivity index (χ0n) is 12.8. The lowest BCUT2D eigenvalue weighted by Gasteiger charge is -2.12. The summed E-state index contributed by atoms with van der Waals surface area (Å²) < 4.78 is 10.3. The minimum atomic E-state index is -0.410. The summed E-state index contributed by atoms with van der Waals surface area (Å²) in [6.07, 6.45) is 3.57. The van der Waals surface area contributed by atoms with Gasteiger partial charge in [-0.25, -0.2) is 4.79 Å². The maximum absolute atomic E-state index is 11.7. The molecule has 3 N–H and O–H groups in total. The molecule has 5 heteroatoms. The zero-order valence-corrected chi connectivity index (χ0v) is 12.8. The van der Waals surface area contributed by atoms with E-state index in [9.17, 15) is 4.79 Å². The van der Waals surface area contributed by atoms with Gasteiger partial charge in [0.15, 0.2) is 0 Å². The highest BCUT2D eigenvalue weighted by molar-refractivity contribution is 5.97. The average Bonchev–Trinajstić information content (AvgIpc) is 3.29. The first kappa shape index (κ1) is 15.6. The van der Waals surface area contributed by atoms with Gasteiger partial charge in [0.2, 0.25) is 0 Å². The smallest absolute Gasteiger partial charge is 0.340 e. The van der Waals surface area contributed by atoms with Gasteiger partial charge in [0.05, 0.1) is 12.7 Å². The van der Waals surface area contributed by atoms with Gasteiger partial charge >= 0.3 is 5.97 Å². The molecule has 1 fully saturated rings. The third-order valence-electron chi connectivity index (χ3n) is 3.64. The van der Waals surface area contributed by atoms with Crippen LogP contribution < -0.4 is 11.1 Å². The summed E-state index contributed by atoms with van der Waals surface area (Å²) in [7, 11) is 1.36. The van der Waals surface area contributed by atoms with Crippen LogP contribution in [0.4, 0.5) is 11.4 Å². The first-order chi connectivity index (χ1) is 10.1. The van der Waals surface area contributed by atoms with Crippen LogP contribution in [0.15, 0.2) is 12.1 Å². The fraction of sp³-hybridized carbons (Fsp3) is 0.562. The number of nitrogens with two attached hydrogens (primary N) is 1. The maximum atomic E-state index is 11.7. The molecule has 0 aromatic heterocycles. The summed E-state index contributed by atoms with van der Waals surface area (Å²) in [5.41, 5.74) is 8.53. The number of anilines is 2. The van der Waals surface area contributed by atoms with E-state index in [0.717, 1.165) is 43.3 Å². The van der Waals surface area contributed by atoms with Crippen molar-refractivity contribution >= 4 is 17.3 Å². The van der Waals surface area contributed by atoms with Gasteiger partial charge in [-0.2, -0.15) is 0 Å². The number of aryl methyl sites for hydroxylation is 1. The number of methoxy groups -OCH3 is 1. The standard InChI is InChI=1S/C16H24N2O3/c1-11-8-13(9-14(15(11)17)16(19)20-2)18-6-3-7-21-10-12-4-5-12/h8-9,12,18H,3-7,10,17H2,1-2H3. The number of esters is 1. The Bertz CT molecular complexity index is 499. The Morgan fingerprint density at radius 1 is 1.43 bits per heavy atom. The summed E-state index contributed by atoms with van der Waals surface area (Å²) in [6.45, 7) is 4.34. The number of carbonyl (C=O) groups excluding carboxylic acids is 1. The summed E-state index contributed by atoms with van der Waals surface area (Å²) in [6, 6.07) is 3.67. The highest BCUT2D eigenvalue weighted by atomic mass is 16.5. The number of carbonyl (C=O) groups is 1. The van der Waals surface area contributed by atoms with Gasteiger partial charge < -0.3 is 20.5 Å². The number of nitrogen functional groups attached to an aromatic ring is 1. The SMILES string of the molecule is COC(=O)c1cc(NCCCOCC2CC2)cc(C)c1N. The molecule has 1 aromatic carbocycles. The van der Waals surface area contributed by atoms with Crippen molar-refractivity contribution in [1.29, 1.82) is 0 Å². The van der Waals surface area contributed by atoms with Crippen LogP contribution in [0.3, 0.4) is 0 Å². The minimum absolute atomic E-state index is 0.407. The van der Waals surface area contributed by atoms with Crippen LogP contribution in [-0.2, 0) is 9.47 Å². The van der Waals surface area contributed by atoms with E-state index in [2.05, 4.69) is 5.32 Å². The first-order valence-electron chi connectivity index (χ1n) is 7.42. The second kappa shape index (κ2) is 7.31. The van der Waals surface area contributed by atoms with Gasteiger partial charge in [0, 0.05) is 31.1 Å². The molecule has 0 atom stereocenters. The topological polar surface area (TPSA) is 73.6 Å². The molecule has 0 amide bonds. The molecule has 1 aromatic rings. The molecule has 1 aliphatic rings. The lowest BCUT2D eigenvalue weighted by molar-refractivity contribution is 0.0602. The summed E-state index contributed by atoms with van der Waals surface area (Å²) >= 11 is 0. The van der Waals surface area contributed by atoms with Crippen molar-refractivity contribution in [3.63, 3.8) is 0 Å². The van der Waals surface area contributed by atoms with Crippen molar-refractivity contribution in [2.45, 2.75) is 26.2 Å². The van der Waals surface area contributed by atoms with E-state index in [4.69, 9.17) is 15.2 Å². The predicted molar refractivity (Wildman–Crippen MR) is 83.6 cm³/mol. The Morgan fingerprint density at radius 2 is 2.19 bits per heavy atom. The molecular weight excluding hydrogens is 268 g/mol. The van der Waals surface area contributed by atoms with Crippen molar-refractivity contribution in [2.24, 2.45) is 5.92 Å². The van der Waals surface area contributed by atoms with Crippen LogP contribution in [-0.4, -0.2) is 32.8 Å². The zero-order chi connectivity index (χ0) is 15.2.